The van der Waals surface area contributed by atoms with Crippen molar-refractivity contribution >= 4 is 23.2 Å². The van der Waals surface area contributed by atoms with Crippen molar-refractivity contribution in [3.63, 3.8) is 0 Å². The number of esters is 1. The number of aromatic nitrogens is 1. The van der Waals surface area contributed by atoms with Crippen LogP contribution in [-0.4, -0.2) is 29.1 Å². The Morgan fingerprint density at radius 1 is 1.24 bits per heavy atom. The molecule has 1 aliphatic carbocycles. The molecule has 0 radical (unpaired) electrons. The third-order valence-corrected chi connectivity index (χ3v) is 5.47. The van der Waals surface area contributed by atoms with E-state index < -0.39 is 5.41 Å². The van der Waals surface area contributed by atoms with Gasteiger partial charge in [0.1, 0.15) is 6.10 Å². The van der Waals surface area contributed by atoms with Crippen molar-refractivity contribution in [1.29, 1.82) is 0 Å². The van der Waals surface area contributed by atoms with E-state index in [4.69, 9.17) is 17.0 Å². The number of hydrogen-bond donors (Lipinski definition) is 1. The summed E-state index contributed by atoms with van der Waals surface area (Å²) in [7, 11) is 1.82. The van der Waals surface area contributed by atoms with Gasteiger partial charge in [0.05, 0.1) is 16.0 Å². The fraction of sp³-hybridized carbons (Fsp3) is 0.350. The van der Waals surface area contributed by atoms with Crippen LogP contribution in [0.5, 0.6) is 0 Å². The zero-order valence-corrected chi connectivity index (χ0v) is 15.1. The maximum absolute atomic E-state index is 12.6. The Balaban J connectivity index is 1.97. The molecular formula is C20H22N2O2S. The monoisotopic (exact) mass is 354 g/mol. The molecule has 0 aliphatic heterocycles. The van der Waals surface area contributed by atoms with E-state index in [-0.39, 0.29) is 12.1 Å². The molecule has 1 aliphatic rings. The van der Waals surface area contributed by atoms with E-state index in [2.05, 4.69) is 10.3 Å². The first kappa shape index (κ1) is 17.5. The smallest absolute Gasteiger partial charge is 0.338 e. The highest BCUT2D eigenvalue weighted by Gasteiger charge is 2.48. The van der Waals surface area contributed by atoms with E-state index in [0.717, 1.165) is 31.2 Å². The largest absolute Gasteiger partial charge is 0.457 e. The standard InChI is InChI=1S/C20H22N2O2S/c1-21-19(25)20(16-10-7-13-22-14-16)12-6-5-11-17(20)24-18(23)15-8-3-2-4-9-15/h2-4,7-10,13-14,17H,5-6,11-12H2,1H3,(H,21,25)/t17-,20-/m0/s1. The van der Waals surface area contributed by atoms with Crippen LogP contribution >= 0.6 is 12.2 Å². The molecule has 0 spiro atoms. The second-order valence-corrected chi connectivity index (χ2v) is 6.71. The molecular weight excluding hydrogens is 332 g/mol. The molecule has 1 aromatic carbocycles. The topological polar surface area (TPSA) is 51.2 Å². The van der Waals surface area contributed by atoms with Crippen LogP contribution in [0.3, 0.4) is 0 Å². The molecule has 1 saturated carbocycles. The first-order valence-corrected chi connectivity index (χ1v) is 8.98. The van der Waals surface area contributed by atoms with Gasteiger partial charge in [0, 0.05) is 19.4 Å². The number of nitrogens with one attached hydrogen (secondary N) is 1. The van der Waals surface area contributed by atoms with Crippen LogP contribution in [0.2, 0.25) is 0 Å². The molecule has 1 aromatic heterocycles. The van der Waals surface area contributed by atoms with E-state index in [1.807, 2.05) is 43.6 Å². The number of carbonyl (C=O) groups is 1. The second kappa shape index (κ2) is 7.74. The number of benzene rings is 1. The zero-order chi connectivity index (χ0) is 17.7. The van der Waals surface area contributed by atoms with Gasteiger partial charge < -0.3 is 10.1 Å². The number of nitrogens with zero attached hydrogens (tertiary/aromatic N) is 1. The van der Waals surface area contributed by atoms with E-state index in [0.29, 0.717) is 10.6 Å². The van der Waals surface area contributed by atoms with Gasteiger partial charge >= 0.3 is 5.97 Å². The summed E-state index contributed by atoms with van der Waals surface area (Å²) in [6.07, 6.45) is 6.95. The minimum Gasteiger partial charge on any atom is -0.457 e. The average Bonchev–Trinajstić information content (AvgIpc) is 2.69. The highest BCUT2D eigenvalue weighted by molar-refractivity contribution is 7.80. The predicted octanol–water partition coefficient (Wildman–Crippen LogP) is 3.67. The highest BCUT2D eigenvalue weighted by Crippen LogP contribution is 2.42. The Hall–Kier alpha value is -2.27. The number of thiocarbonyl (C=S) groups is 1. The van der Waals surface area contributed by atoms with Crippen LogP contribution in [0.15, 0.2) is 54.9 Å². The number of ether oxygens (including phenoxy) is 1. The minimum absolute atomic E-state index is 0.306. The van der Waals surface area contributed by atoms with Crippen molar-refractivity contribution in [2.45, 2.75) is 37.2 Å². The first-order chi connectivity index (χ1) is 12.2. The molecule has 0 bridgehead atoms. The molecule has 0 unspecified atom stereocenters. The molecule has 5 heteroatoms. The first-order valence-electron chi connectivity index (χ1n) is 8.57. The highest BCUT2D eigenvalue weighted by atomic mass is 32.1. The lowest BCUT2D eigenvalue weighted by Gasteiger charge is -2.43. The lowest BCUT2D eigenvalue weighted by molar-refractivity contribution is 0.00430. The van der Waals surface area contributed by atoms with Crippen LogP contribution in [0, 0.1) is 0 Å². The number of hydrogen-bond acceptors (Lipinski definition) is 4. The Bertz CT molecular complexity index is 736. The van der Waals surface area contributed by atoms with Crippen molar-refractivity contribution < 1.29 is 9.53 Å². The van der Waals surface area contributed by atoms with Crippen molar-refractivity contribution in [3.05, 3.63) is 66.0 Å². The summed E-state index contributed by atoms with van der Waals surface area (Å²) in [5, 5.41) is 3.13. The average molecular weight is 354 g/mol. The van der Waals surface area contributed by atoms with E-state index in [9.17, 15) is 4.79 Å². The maximum atomic E-state index is 12.6. The lowest BCUT2D eigenvalue weighted by atomic mass is 9.67. The third kappa shape index (κ3) is 3.42. The second-order valence-electron chi connectivity index (χ2n) is 6.30. The molecule has 3 rings (SSSR count). The molecule has 0 saturated heterocycles. The Morgan fingerprint density at radius 3 is 2.72 bits per heavy atom. The van der Waals surface area contributed by atoms with Gasteiger partial charge in [-0.15, -0.1) is 0 Å². The number of rotatable bonds is 4. The van der Waals surface area contributed by atoms with Gasteiger partial charge in [-0.1, -0.05) is 42.9 Å². The maximum Gasteiger partial charge on any atom is 0.338 e. The van der Waals surface area contributed by atoms with Gasteiger partial charge in [0.2, 0.25) is 0 Å². The molecule has 4 nitrogen and oxygen atoms in total. The Labute approximate surface area is 153 Å². The zero-order valence-electron chi connectivity index (χ0n) is 14.3. The quantitative estimate of drug-likeness (QED) is 0.671. The molecule has 1 heterocycles. The van der Waals surface area contributed by atoms with E-state index >= 15 is 0 Å². The molecule has 2 atom stereocenters. The number of carbonyl (C=O) groups excluding carboxylic acids is 1. The van der Waals surface area contributed by atoms with E-state index in [1.54, 1.807) is 18.3 Å². The summed E-state index contributed by atoms with van der Waals surface area (Å²) in [6.45, 7) is 0. The summed E-state index contributed by atoms with van der Waals surface area (Å²) < 4.78 is 5.98. The van der Waals surface area contributed by atoms with Crippen LogP contribution in [0.4, 0.5) is 0 Å². The van der Waals surface area contributed by atoms with Gasteiger partial charge in [-0.2, -0.15) is 0 Å². The van der Waals surface area contributed by atoms with Gasteiger partial charge in [-0.25, -0.2) is 4.79 Å². The summed E-state index contributed by atoms with van der Waals surface area (Å²) >= 11 is 5.69. The molecule has 2 aromatic rings. The summed E-state index contributed by atoms with van der Waals surface area (Å²) in [5.41, 5.74) is 1.03. The Morgan fingerprint density at radius 2 is 2.04 bits per heavy atom. The fourth-order valence-corrected chi connectivity index (χ4v) is 3.99. The SMILES string of the molecule is CNC(=S)[C@]1(c2cccnc2)CCCC[C@@H]1OC(=O)c1ccccc1. The minimum atomic E-state index is -0.527. The van der Waals surface area contributed by atoms with Crippen LogP contribution in [-0.2, 0) is 10.2 Å². The van der Waals surface area contributed by atoms with Gasteiger partial charge in [-0.05, 0) is 43.0 Å². The molecule has 0 amide bonds. The molecule has 1 N–H and O–H groups in total. The van der Waals surface area contributed by atoms with Crippen molar-refractivity contribution in [1.82, 2.24) is 10.3 Å². The lowest BCUT2D eigenvalue weighted by Crippen LogP contribution is -2.53. The van der Waals surface area contributed by atoms with Crippen molar-refractivity contribution in [2.75, 3.05) is 7.05 Å². The van der Waals surface area contributed by atoms with Crippen LogP contribution in [0.1, 0.15) is 41.6 Å². The number of pyridine rings is 1. The summed E-state index contributed by atoms with van der Waals surface area (Å²) in [4.78, 5) is 17.6. The summed E-state index contributed by atoms with van der Waals surface area (Å²) in [6, 6.07) is 13.0. The number of likely N-dealkylation sites (N-methyl/N-ethyl adjacent to an activating group) is 1. The molecule has 130 valence electrons. The van der Waals surface area contributed by atoms with Gasteiger partial charge in [0.15, 0.2) is 0 Å². The third-order valence-electron chi connectivity index (χ3n) is 4.90. The van der Waals surface area contributed by atoms with Crippen LogP contribution in [0.25, 0.3) is 0 Å². The van der Waals surface area contributed by atoms with E-state index in [1.165, 1.54) is 0 Å². The molecule has 1 fully saturated rings. The normalized spacial score (nSPS) is 22.8. The van der Waals surface area contributed by atoms with Crippen molar-refractivity contribution in [2.24, 2.45) is 0 Å². The summed E-state index contributed by atoms with van der Waals surface area (Å²) in [5.74, 6) is -0.306. The fourth-order valence-electron chi connectivity index (χ4n) is 3.64. The van der Waals surface area contributed by atoms with Gasteiger partial charge in [-0.3, -0.25) is 4.98 Å². The van der Waals surface area contributed by atoms with Crippen LogP contribution < -0.4 is 5.32 Å². The Kier molecular flexibility index (Phi) is 5.43. The van der Waals surface area contributed by atoms with Gasteiger partial charge in [0.25, 0.3) is 0 Å². The molecule has 25 heavy (non-hydrogen) atoms. The van der Waals surface area contributed by atoms with Crippen molar-refractivity contribution in [3.8, 4) is 0 Å². The predicted molar refractivity (Wildman–Crippen MR) is 102 cm³/mol.